The van der Waals surface area contributed by atoms with Crippen molar-refractivity contribution in [1.29, 1.82) is 0 Å². The third-order valence-electron chi connectivity index (χ3n) is 5.05. The van der Waals surface area contributed by atoms with E-state index in [2.05, 4.69) is 21.5 Å². The third-order valence-corrected chi connectivity index (χ3v) is 5.05. The molecular weight excluding hydrogens is 330 g/mol. The first kappa shape index (κ1) is 16.8. The second-order valence-electron chi connectivity index (χ2n) is 7.06. The molecule has 4 rings (SSSR count). The van der Waals surface area contributed by atoms with Gasteiger partial charge in [-0.3, -0.25) is 4.79 Å². The molecule has 26 heavy (non-hydrogen) atoms. The van der Waals surface area contributed by atoms with Crippen LogP contribution in [0.4, 0.5) is 0 Å². The second kappa shape index (κ2) is 6.96. The average molecular weight is 353 g/mol. The predicted octanol–water partition coefficient (Wildman–Crippen LogP) is 2.69. The summed E-state index contributed by atoms with van der Waals surface area (Å²) >= 11 is 0. The van der Waals surface area contributed by atoms with Gasteiger partial charge in [0.2, 0.25) is 5.91 Å². The van der Waals surface area contributed by atoms with Crippen LogP contribution >= 0.6 is 0 Å². The number of nitrogens with one attached hydrogen (secondary N) is 2. The molecule has 0 spiro atoms. The van der Waals surface area contributed by atoms with Gasteiger partial charge < -0.3 is 19.6 Å². The Balaban J connectivity index is 1.43. The van der Waals surface area contributed by atoms with Crippen molar-refractivity contribution in [3.63, 3.8) is 0 Å². The van der Waals surface area contributed by atoms with Gasteiger partial charge in [0.1, 0.15) is 5.76 Å². The Morgan fingerprint density at radius 2 is 2.15 bits per heavy atom. The number of ether oxygens (including phenoxy) is 1. The van der Waals surface area contributed by atoms with Crippen molar-refractivity contribution in [3.8, 4) is 0 Å². The minimum absolute atomic E-state index is 0.00146. The topological polar surface area (TPSA) is 80.1 Å². The van der Waals surface area contributed by atoms with Crippen molar-refractivity contribution in [2.24, 2.45) is 5.92 Å². The Labute approximate surface area is 151 Å². The van der Waals surface area contributed by atoms with Crippen LogP contribution in [0.5, 0.6) is 0 Å². The first-order valence-corrected chi connectivity index (χ1v) is 8.95. The predicted molar refractivity (Wildman–Crippen MR) is 97.9 cm³/mol. The second-order valence-corrected chi connectivity index (χ2v) is 7.06. The zero-order valence-corrected chi connectivity index (χ0v) is 15.0. The molecule has 0 unspecified atom stereocenters. The molecule has 0 bridgehead atoms. The van der Waals surface area contributed by atoms with E-state index in [4.69, 9.17) is 9.26 Å². The first-order chi connectivity index (χ1) is 12.6. The maximum absolute atomic E-state index is 12.6. The zero-order valence-electron chi connectivity index (χ0n) is 15.0. The van der Waals surface area contributed by atoms with E-state index in [9.17, 15) is 4.79 Å². The molecule has 2 atom stereocenters. The zero-order chi connectivity index (χ0) is 18.1. The molecule has 1 aliphatic heterocycles. The van der Waals surface area contributed by atoms with Crippen LogP contribution in [0, 0.1) is 19.8 Å². The molecule has 3 heterocycles. The molecular formula is C20H23N3O3. The van der Waals surface area contributed by atoms with Gasteiger partial charge in [-0.25, -0.2) is 0 Å². The Kier molecular flexibility index (Phi) is 4.51. The van der Waals surface area contributed by atoms with Gasteiger partial charge >= 0.3 is 0 Å². The van der Waals surface area contributed by atoms with Gasteiger partial charge in [-0.1, -0.05) is 23.4 Å². The van der Waals surface area contributed by atoms with Crippen molar-refractivity contribution in [2.75, 3.05) is 13.2 Å². The maximum atomic E-state index is 12.6. The molecule has 1 aliphatic rings. The Bertz CT molecular complexity index is 927. The summed E-state index contributed by atoms with van der Waals surface area (Å²) in [5.41, 5.74) is 4.03. The van der Waals surface area contributed by atoms with Crippen LogP contribution in [0.25, 0.3) is 10.9 Å². The summed E-state index contributed by atoms with van der Waals surface area (Å²) in [5, 5.41) is 8.18. The number of H-pyrrole nitrogens is 1. The third kappa shape index (κ3) is 3.37. The molecule has 2 aromatic heterocycles. The van der Waals surface area contributed by atoms with E-state index in [1.54, 1.807) is 0 Å². The normalized spacial score (nSPS) is 19.9. The number of aromatic amines is 1. The van der Waals surface area contributed by atoms with Gasteiger partial charge in [0.05, 0.1) is 31.4 Å². The standard InChI is InChI=1S/C20H23N3O3/c1-12-7-15(26-23-12)8-14-10-25-11-19(14)22-20(24)9-17-13(2)21-18-6-4-3-5-16(17)18/h3-7,14,19,21H,8-11H2,1-2H3,(H,22,24)/t14-,19+/m1/s1. The fourth-order valence-corrected chi connectivity index (χ4v) is 3.71. The minimum atomic E-state index is -0.00146. The van der Waals surface area contributed by atoms with Gasteiger partial charge in [-0.2, -0.15) is 0 Å². The number of amides is 1. The molecule has 1 fully saturated rings. The molecule has 6 heteroatoms. The Hall–Kier alpha value is -2.60. The quantitative estimate of drug-likeness (QED) is 0.739. The lowest BCUT2D eigenvalue weighted by molar-refractivity contribution is -0.121. The number of aromatic nitrogens is 2. The van der Waals surface area contributed by atoms with Crippen LogP contribution < -0.4 is 5.32 Å². The lowest BCUT2D eigenvalue weighted by atomic mass is 9.97. The molecule has 0 radical (unpaired) electrons. The van der Waals surface area contributed by atoms with Crippen molar-refractivity contribution in [2.45, 2.75) is 32.7 Å². The smallest absolute Gasteiger partial charge is 0.224 e. The van der Waals surface area contributed by atoms with Crippen LogP contribution in [-0.4, -0.2) is 35.3 Å². The van der Waals surface area contributed by atoms with Gasteiger partial charge in [-0.05, 0) is 25.5 Å². The number of para-hydroxylation sites is 1. The van der Waals surface area contributed by atoms with E-state index in [-0.39, 0.29) is 17.9 Å². The summed E-state index contributed by atoms with van der Waals surface area (Å²) in [6, 6.07) is 10.0. The number of aryl methyl sites for hydroxylation is 2. The lowest BCUT2D eigenvalue weighted by Gasteiger charge is -2.18. The van der Waals surface area contributed by atoms with E-state index in [0.29, 0.717) is 19.6 Å². The maximum Gasteiger partial charge on any atom is 0.224 e. The minimum Gasteiger partial charge on any atom is -0.379 e. The van der Waals surface area contributed by atoms with Crippen LogP contribution in [0.15, 0.2) is 34.9 Å². The summed E-state index contributed by atoms with van der Waals surface area (Å²) in [5.74, 6) is 1.06. The van der Waals surface area contributed by atoms with E-state index in [0.717, 1.165) is 40.0 Å². The number of hydrogen-bond acceptors (Lipinski definition) is 4. The molecule has 6 nitrogen and oxygen atoms in total. The van der Waals surface area contributed by atoms with E-state index in [1.807, 2.05) is 38.1 Å². The fourth-order valence-electron chi connectivity index (χ4n) is 3.71. The van der Waals surface area contributed by atoms with Crippen LogP contribution in [0.2, 0.25) is 0 Å². The van der Waals surface area contributed by atoms with Gasteiger partial charge in [-0.15, -0.1) is 0 Å². The summed E-state index contributed by atoms with van der Waals surface area (Å²) in [6.07, 6.45) is 1.08. The van der Waals surface area contributed by atoms with E-state index < -0.39 is 0 Å². The number of carbonyl (C=O) groups is 1. The van der Waals surface area contributed by atoms with Crippen LogP contribution in [0.3, 0.4) is 0 Å². The summed E-state index contributed by atoms with van der Waals surface area (Å²) in [4.78, 5) is 16.0. The van der Waals surface area contributed by atoms with Crippen LogP contribution in [0.1, 0.15) is 22.7 Å². The highest BCUT2D eigenvalue weighted by Gasteiger charge is 2.31. The molecule has 1 amide bonds. The highest BCUT2D eigenvalue weighted by Crippen LogP contribution is 2.23. The van der Waals surface area contributed by atoms with Crippen molar-refractivity contribution < 1.29 is 14.1 Å². The number of fused-ring (bicyclic) bond motifs is 1. The Morgan fingerprint density at radius 1 is 1.31 bits per heavy atom. The molecule has 0 aliphatic carbocycles. The Morgan fingerprint density at radius 3 is 2.96 bits per heavy atom. The van der Waals surface area contributed by atoms with Gasteiger partial charge in [0, 0.05) is 35.0 Å². The molecule has 1 aromatic carbocycles. The van der Waals surface area contributed by atoms with Gasteiger partial charge in [0.15, 0.2) is 0 Å². The molecule has 0 saturated carbocycles. The number of nitrogens with zero attached hydrogens (tertiary/aromatic N) is 1. The number of hydrogen-bond donors (Lipinski definition) is 2. The average Bonchev–Trinajstić information content (AvgIpc) is 3.30. The highest BCUT2D eigenvalue weighted by molar-refractivity contribution is 5.90. The summed E-state index contributed by atoms with van der Waals surface area (Å²) in [7, 11) is 0. The molecule has 2 N–H and O–H groups in total. The largest absolute Gasteiger partial charge is 0.379 e. The summed E-state index contributed by atoms with van der Waals surface area (Å²) in [6.45, 7) is 5.07. The van der Waals surface area contributed by atoms with E-state index in [1.165, 1.54) is 0 Å². The highest BCUT2D eigenvalue weighted by atomic mass is 16.5. The van der Waals surface area contributed by atoms with Crippen molar-refractivity contribution in [1.82, 2.24) is 15.5 Å². The molecule has 1 saturated heterocycles. The summed E-state index contributed by atoms with van der Waals surface area (Å²) < 4.78 is 10.9. The van der Waals surface area contributed by atoms with Gasteiger partial charge in [0.25, 0.3) is 0 Å². The SMILES string of the molecule is Cc1cc(C[C@@H]2COC[C@@H]2NC(=O)Cc2c(C)[nH]c3ccccc23)on1. The van der Waals surface area contributed by atoms with E-state index >= 15 is 0 Å². The number of benzene rings is 1. The molecule has 136 valence electrons. The monoisotopic (exact) mass is 353 g/mol. The van der Waals surface area contributed by atoms with Crippen molar-refractivity contribution >= 4 is 16.8 Å². The lowest BCUT2D eigenvalue weighted by Crippen LogP contribution is -2.41. The van der Waals surface area contributed by atoms with Crippen molar-refractivity contribution in [3.05, 3.63) is 53.0 Å². The van der Waals surface area contributed by atoms with Crippen LogP contribution in [-0.2, 0) is 22.4 Å². The first-order valence-electron chi connectivity index (χ1n) is 8.95. The number of rotatable bonds is 5. The number of carbonyl (C=O) groups excluding carboxylic acids is 1. The fraction of sp³-hybridized carbons (Fsp3) is 0.400. The molecule has 3 aromatic rings.